The van der Waals surface area contributed by atoms with Crippen LogP contribution >= 0.6 is 0 Å². The van der Waals surface area contributed by atoms with Crippen molar-refractivity contribution in [3.8, 4) is 0 Å². The summed E-state index contributed by atoms with van der Waals surface area (Å²) in [5.41, 5.74) is -0.688. The largest absolute Gasteiger partial charge is 0.418 e. The smallest absolute Gasteiger partial charge is 0.393 e. The van der Waals surface area contributed by atoms with Gasteiger partial charge >= 0.3 is 6.18 Å². The number of hydrogen-bond donors (Lipinski definition) is 1. The maximum atomic E-state index is 12.7. The van der Waals surface area contributed by atoms with Crippen molar-refractivity contribution in [3.05, 3.63) is 29.6 Å². The van der Waals surface area contributed by atoms with Gasteiger partial charge in [-0.05, 0) is 32.5 Å². The van der Waals surface area contributed by atoms with Crippen LogP contribution in [0.1, 0.15) is 24.6 Å². The van der Waals surface area contributed by atoms with Crippen LogP contribution in [0.4, 0.5) is 13.2 Å². The first-order chi connectivity index (χ1) is 8.30. The summed E-state index contributed by atoms with van der Waals surface area (Å²) in [6.07, 6.45) is -2.97. The van der Waals surface area contributed by atoms with Gasteiger partial charge in [0, 0.05) is 19.3 Å². The molecule has 0 aromatic carbocycles. The summed E-state index contributed by atoms with van der Waals surface area (Å²) < 4.78 is 38.1. The molecular weight excluding hydrogens is 245 g/mol. The number of aromatic nitrogens is 1. The summed E-state index contributed by atoms with van der Waals surface area (Å²) in [6.45, 7) is 2.28. The lowest BCUT2D eigenvalue weighted by atomic mass is 10.1. The minimum absolute atomic E-state index is 0.0121. The Balaban J connectivity index is 2.72. The zero-order valence-corrected chi connectivity index (χ0v) is 10.4. The predicted molar refractivity (Wildman–Crippen MR) is 61.9 cm³/mol. The van der Waals surface area contributed by atoms with E-state index in [1.54, 1.807) is 18.9 Å². The Morgan fingerprint density at radius 1 is 1.44 bits per heavy atom. The van der Waals surface area contributed by atoms with Crippen LogP contribution < -0.4 is 0 Å². The van der Waals surface area contributed by atoms with Gasteiger partial charge in [-0.25, -0.2) is 0 Å². The normalized spacial score (nSPS) is 13.9. The van der Waals surface area contributed by atoms with Crippen LogP contribution in [0.3, 0.4) is 0 Å². The van der Waals surface area contributed by atoms with Crippen molar-refractivity contribution in [2.45, 2.75) is 32.2 Å². The number of halogens is 3. The van der Waals surface area contributed by atoms with Crippen molar-refractivity contribution in [1.82, 2.24) is 9.88 Å². The number of hydrogen-bond acceptors (Lipinski definition) is 3. The maximum Gasteiger partial charge on any atom is 0.418 e. The van der Waals surface area contributed by atoms with Crippen LogP contribution in [0.5, 0.6) is 0 Å². The Labute approximate surface area is 104 Å². The molecule has 0 aliphatic rings. The Hall–Kier alpha value is -1.14. The Morgan fingerprint density at radius 3 is 2.67 bits per heavy atom. The summed E-state index contributed by atoms with van der Waals surface area (Å²) in [6, 6.07) is 2.31. The predicted octanol–water partition coefficient (Wildman–Crippen LogP) is 2.30. The van der Waals surface area contributed by atoms with Crippen LogP contribution in [0.25, 0.3) is 0 Å². The molecule has 1 atom stereocenters. The van der Waals surface area contributed by atoms with Gasteiger partial charge in [0.1, 0.15) is 0 Å². The van der Waals surface area contributed by atoms with Gasteiger partial charge in [-0.15, -0.1) is 0 Å². The van der Waals surface area contributed by atoms with Crippen molar-refractivity contribution < 1.29 is 18.3 Å². The van der Waals surface area contributed by atoms with E-state index >= 15 is 0 Å². The maximum absolute atomic E-state index is 12.7. The van der Waals surface area contributed by atoms with E-state index in [-0.39, 0.29) is 12.2 Å². The molecule has 1 N–H and O–H groups in total. The molecule has 0 aliphatic heterocycles. The fraction of sp³-hybridized carbons (Fsp3) is 0.583. The topological polar surface area (TPSA) is 36.4 Å². The number of pyridine rings is 1. The Morgan fingerprint density at radius 2 is 2.11 bits per heavy atom. The van der Waals surface area contributed by atoms with E-state index in [0.717, 1.165) is 6.07 Å². The molecule has 0 radical (unpaired) electrons. The number of aliphatic hydroxyl groups excluding tert-OH is 1. The van der Waals surface area contributed by atoms with E-state index < -0.39 is 17.8 Å². The molecule has 0 amide bonds. The highest BCUT2D eigenvalue weighted by molar-refractivity contribution is 5.22. The van der Waals surface area contributed by atoms with Crippen LogP contribution in [0.15, 0.2) is 18.3 Å². The second-order valence-corrected chi connectivity index (χ2v) is 4.37. The van der Waals surface area contributed by atoms with Gasteiger partial charge in [0.05, 0.1) is 17.4 Å². The first-order valence-electron chi connectivity index (χ1n) is 5.68. The average molecular weight is 262 g/mol. The highest BCUT2D eigenvalue weighted by Crippen LogP contribution is 2.31. The SMILES string of the molecule is CC(O)CCN(C)Cc1ncccc1C(F)(F)F. The summed E-state index contributed by atoms with van der Waals surface area (Å²) in [4.78, 5) is 5.50. The monoisotopic (exact) mass is 262 g/mol. The molecule has 0 spiro atoms. The van der Waals surface area contributed by atoms with E-state index in [1.165, 1.54) is 12.3 Å². The molecule has 102 valence electrons. The molecular formula is C12H17F3N2O. The van der Waals surface area contributed by atoms with Gasteiger partial charge in [-0.2, -0.15) is 13.2 Å². The first-order valence-corrected chi connectivity index (χ1v) is 5.68. The third-order valence-electron chi connectivity index (χ3n) is 2.54. The van der Waals surface area contributed by atoms with Crippen molar-refractivity contribution in [3.63, 3.8) is 0 Å². The molecule has 0 saturated carbocycles. The average Bonchev–Trinajstić information content (AvgIpc) is 2.25. The molecule has 0 saturated heterocycles. The molecule has 1 unspecified atom stereocenters. The summed E-state index contributed by atoms with van der Waals surface area (Å²) >= 11 is 0. The standard InChI is InChI=1S/C12H17F3N2O/c1-9(18)5-7-17(2)8-11-10(12(13,14)15)4-3-6-16-11/h3-4,6,9,18H,5,7-8H2,1-2H3. The van der Waals surface area contributed by atoms with Crippen molar-refractivity contribution in [2.75, 3.05) is 13.6 Å². The number of rotatable bonds is 5. The van der Waals surface area contributed by atoms with Crippen LogP contribution in [-0.2, 0) is 12.7 Å². The molecule has 1 heterocycles. The minimum Gasteiger partial charge on any atom is -0.393 e. The lowest BCUT2D eigenvalue weighted by molar-refractivity contribution is -0.138. The minimum atomic E-state index is -4.38. The Kier molecular flexibility index (Phi) is 5.10. The lowest BCUT2D eigenvalue weighted by Gasteiger charge is -2.19. The zero-order chi connectivity index (χ0) is 13.8. The van der Waals surface area contributed by atoms with E-state index in [1.807, 2.05) is 0 Å². The third kappa shape index (κ3) is 4.62. The molecule has 0 fully saturated rings. The number of aliphatic hydroxyl groups is 1. The van der Waals surface area contributed by atoms with Crippen LogP contribution in [0.2, 0.25) is 0 Å². The first kappa shape index (κ1) is 14.9. The van der Waals surface area contributed by atoms with Crippen LogP contribution in [0, 0.1) is 0 Å². The summed E-state index contributed by atoms with van der Waals surface area (Å²) in [5.74, 6) is 0. The molecule has 6 heteroatoms. The highest BCUT2D eigenvalue weighted by Gasteiger charge is 2.33. The highest BCUT2D eigenvalue weighted by atomic mass is 19.4. The molecule has 1 aromatic rings. The zero-order valence-electron chi connectivity index (χ0n) is 10.4. The second kappa shape index (κ2) is 6.15. The molecule has 3 nitrogen and oxygen atoms in total. The van der Waals surface area contributed by atoms with E-state index in [9.17, 15) is 13.2 Å². The van der Waals surface area contributed by atoms with Gasteiger partial charge in [-0.1, -0.05) is 0 Å². The quantitative estimate of drug-likeness (QED) is 0.884. The Bertz CT molecular complexity index is 380. The number of alkyl halides is 3. The van der Waals surface area contributed by atoms with Gasteiger partial charge in [0.2, 0.25) is 0 Å². The van der Waals surface area contributed by atoms with Crippen molar-refractivity contribution >= 4 is 0 Å². The van der Waals surface area contributed by atoms with Gasteiger partial charge in [0.25, 0.3) is 0 Å². The van der Waals surface area contributed by atoms with Crippen LogP contribution in [-0.4, -0.2) is 34.7 Å². The molecule has 1 aromatic heterocycles. The molecule has 0 aliphatic carbocycles. The number of nitrogens with zero attached hydrogens (tertiary/aromatic N) is 2. The second-order valence-electron chi connectivity index (χ2n) is 4.37. The third-order valence-corrected chi connectivity index (χ3v) is 2.54. The fourth-order valence-corrected chi connectivity index (χ4v) is 1.56. The van der Waals surface area contributed by atoms with Crippen molar-refractivity contribution in [1.29, 1.82) is 0 Å². The fourth-order valence-electron chi connectivity index (χ4n) is 1.56. The van der Waals surface area contributed by atoms with Crippen molar-refractivity contribution in [2.24, 2.45) is 0 Å². The van der Waals surface area contributed by atoms with Gasteiger partial charge < -0.3 is 10.0 Å². The molecule has 18 heavy (non-hydrogen) atoms. The van der Waals surface area contributed by atoms with E-state index in [2.05, 4.69) is 4.98 Å². The van der Waals surface area contributed by atoms with E-state index in [4.69, 9.17) is 5.11 Å². The lowest BCUT2D eigenvalue weighted by Crippen LogP contribution is -2.24. The summed E-state index contributed by atoms with van der Waals surface area (Å²) in [5, 5.41) is 9.13. The molecule has 1 rings (SSSR count). The van der Waals surface area contributed by atoms with Gasteiger partial charge in [-0.3, -0.25) is 4.98 Å². The van der Waals surface area contributed by atoms with Gasteiger partial charge in [0.15, 0.2) is 0 Å². The summed E-state index contributed by atoms with van der Waals surface area (Å²) in [7, 11) is 1.71. The van der Waals surface area contributed by atoms with E-state index in [0.29, 0.717) is 13.0 Å². The molecule has 0 bridgehead atoms.